The van der Waals surface area contributed by atoms with Gasteiger partial charge in [-0.3, -0.25) is 0 Å². The van der Waals surface area contributed by atoms with Crippen LogP contribution in [0.25, 0.3) is 0 Å². The Morgan fingerprint density at radius 1 is 1.18 bits per heavy atom. The number of ether oxygens (including phenoxy) is 1. The van der Waals surface area contributed by atoms with E-state index in [1.807, 2.05) is 0 Å². The summed E-state index contributed by atoms with van der Waals surface area (Å²) in [5.41, 5.74) is 0. The van der Waals surface area contributed by atoms with E-state index in [0.717, 1.165) is 0 Å². The van der Waals surface area contributed by atoms with Gasteiger partial charge in [0.25, 0.3) is 0 Å². The molecule has 0 aromatic carbocycles. The highest BCUT2D eigenvalue weighted by molar-refractivity contribution is 4.88. The monoisotopic (exact) mass is 164 g/mol. The van der Waals surface area contributed by atoms with Crippen LogP contribution in [0.2, 0.25) is 0 Å². The second-order valence-electron chi connectivity index (χ2n) is 2.71. The van der Waals surface area contributed by atoms with E-state index in [1.165, 1.54) is 6.92 Å². The quantitative estimate of drug-likeness (QED) is 0.353. The summed E-state index contributed by atoms with van der Waals surface area (Å²) in [5.74, 6) is 0. The summed E-state index contributed by atoms with van der Waals surface area (Å²) in [5, 5.41) is 35.8. The van der Waals surface area contributed by atoms with E-state index in [2.05, 4.69) is 4.74 Å². The summed E-state index contributed by atoms with van der Waals surface area (Å²) >= 11 is 0. The lowest BCUT2D eigenvalue weighted by molar-refractivity contribution is -0.143. The summed E-state index contributed by atoms with van der Waals surface area (Å²) < 4.78 is 4.65. The molecule has 0 radical (unpaired) electrons. The van der Waals surface area contributed by atoms with Gasteiger partial charge >= 0.3 is 0 Å². The second kappa shape index (κ2) is 3.04. The highest BCUT2D eigenvalue weighted by Crippen LogP contribution is 2.21. The SMILES string of the molecule is C[C@H](O)[C@H]1O[C@@H](O)C(O)C1O. The maximum Gasteiger partial charge on any atom is 0.184 e. The van der Waals surface area contributed by atoms with Crippen molar-refractivity contribution < 1.29 is 25.2 Å². The van der Waals surface area contributed by atoms with Crippen molar-refractivity contribution >= 4 is 0 Å². The summed E-state index contributed by atoms with van der Waals surface area (Å²) in [6, 6.07) is 0. The van der Waals surface area contributed by atoms with Crippen molar-refractivity contribution in [3.63, 3.8) is 0 Å². The Bertz CT molecular complexity index is 137. The topological polar surface area (TPSA) is 90.2 Å². The van der Waals surface area contributed by atoms with Crippen LogP contribution in [0.3, 0.4) is 0 Å². The van der Waals surface area contributed by atoms with Gasteiger partial charge in [-0.2, -0.15) is 0 Å². The van der Waals surface area contributed by atoms with Crippen LogP contribution in [0.1, 0.15) is 6.92 Å². The number of rotatable bonds is 1. The van der Waals surface area contributed by atoms with Crippen LogP contribution in [-0.4, -0.2) is 51.1 Å². The van der Waals surface area contributed by atoms with E-state index in [-0.39, 0.29) is 0 Å². The Balaban J connectivity index is 2.59. The number of hydrogen-bond acceptors (Lipinski definition) is 5. The zero-order chi connectivity index (χ0) is 8.59. The van der Waals surface area contributed by atoms with Crippen molar-refractivity contribution in [2.24, 2.45) is 0 Å². The molecule has 1 aliphatic heterocycles. The third-order valence-corrected chi connectivity index (χ3v) is 1.75. The van der Waals surface area contributed by atoms with E-state index in [1.54, 1.807) is 0 Å². The van der Waals surface area contributed by atoms with Crippen LogP contribution in [0.5, 0.6) is 0 Å². The van der Waals surface area contributed by atoms with Crippen LogP contribution >= 0.6 is 0 Å². The van der Waals surface area contributed by atoms with Gasteiger partial charge in [-0.25, -0.2) is 0 Å². The summed E-state index contributed by atoms with van der Waals surface area (Å²) in [7, 11) is 0. The van der Waals surface area contributed by atoms with Gasteiger partial charge in [-0.05, 0) is 6.92 Å². The van der Waals surface area contributed by atoms with Crippen molar-refractivity contribution in [1.82, 2.24) is 0 Å². The lowest BCUT2D eigenvalue weighted by Crippen LogP contribution is -2.37. The molecule has 1 heterocycles. The molecule has 0 aliphatic carbocycles. The predicted molar refractivity (Wildman–Crippen MR) is 34.6 cm³/mol. The standard InChI is InChI=1S/C6H12O5/c1-2(7)5-3(8)4(9)6(10)11-5/h2-10H,1H3/t2-,3?,4?,5+,6+/m0/s1. The molecule has 5 nitrogen and oxygen atoms in total. The summed E-state index contributed by atoms with van der Waals surface area (Å²) in [6.07, 6.45) is -5.75. The first-order valence-electron chi connectivity index (χ1n) is 3.41. The van der Waals surface area contributed by atoms with Gasteiger partial charge < -0.3 is 25.2 Å². The van der Waals surface area contributed by atoms with Crippen LogP contribution in [0.15, 0.2) is 0 Å². The fourth-order valence-corrected chi connectivity index (χ4v) is 1.08. The van der Waals surface area contributed by atoms with Crippen molar-refractivity contribution in [3.05, 3.63) is 0 Å². The zero-order valence-electron chi connectivity index (χ0n) is 6.08. The molecule has 0 amide bonds. The van der Waals surface area contributed by atoms with Crippen molar-refractivity contribution in [2.75, 3.05) is 0 Å². The third kappa shape index (κ3) is 1.52. The first-order chi connectivity index (χ1) is 5.04. The van der Waals surface area contributed by atoms with Crippen molar-refractivity contribution in [1.29, 1.82) is 0 Å². The largest absolute Gasteiger partial charge is 0.391 e. The van der Waals surface area contributed by atoms with Crippen molar-refractivity contribution in [2.45, 2.75) is 37.6 Å². The zero-order valence-corrected chi connectivity index (χ0v) is 6.08. The predicted octanol–water partition coefficient (Wildman–Crippen LogP) is -2.19. The van der Waals surface area contributed by atoms with Gasteiger partial charge in [0, 0.05) is 0 Å². The lowest BCUT2D eigenvalue weighted by atomic mass is 10.1. The highest BCUT2D eigenvalue weighted by Gasteiger charge is 2.43. The fraction of sp³-hybridized carbons (Fsp3) is 1.00. The van der Waals surface area contributed by atoms with E-state index in [4.69, 9.17) is 20.4 Å². The Kier molecular flexibility index (Phi) is 2.46. The van der Waals surface area contributed by atoms with Gasteiger partial charge in [0.05, 0.1) is 6.10 Å². The molecule has 2 unspecified atom stereocenters. The Hall–Kier alpha value is -0.200. The van der Waals surface area contributed by atoms with Crippen LogP contribution in [0.4, 0.5) is 0 Å². The minimum atomic E-state index is -1.40. The Morgan fingerprint density at radius 3 is 1.91 bits per heavy atom. The van der Waals surface area contributed by atoms with E-state index < -0.39 is 30.7 Å². The Morgan fingerprint density at radius 2 is 1.73 bits per heavy atom. The van der Waals surface area contributed by atoms with E-state index >= 15 is 0 Å². The van der Waals surface area contributed by atoms with Crippen LogP contribution in [0, 0.1) is 0 Å². The molecule has 0 aromatic heterocycles. The van der Waals surface area contributed by atoms with Gasteiger partial charge in [-0.1, -0.05) is 0 Å². The van der Waals surface area contributed by atoms with E-state index in [9.17, 15) is 0 Å². The molecule has 1 saturated heterocycles. The van der Waals surface area contributed by atoms with Gasteiger partial charge in [0.15, 0.2) is 6.29 Å². The molecule has 4 N–H and O–H groups in total. The highest BCUT2D eigenvalue weighted by atomic mass is 16.6. The minimum Gasteiger partial charge on any atom is -0.391 e. The summed E-state index contributed by atoms with van der Waals surface area (Å²) in [6.45, 7) is 1.42. The van der Waals surface area contributed by atoms with Crippen molar-refractivity contribution in [3.8, 4) is 0 Å². The molecule has 0 bridgehead atoms. The molecule has 11 heavy (non-hydrogen) atoms. The summed E-state index contributed by atoms with van der Waals surface area (Å²) in [4.78, 5) is 0. The van der Waals surface area contributed by atoms with Gasteiger partial charge in [0.2, 0.25) is 0 Å². The molecule has 0 saturated carbocycles. The average molecular weight is 164 g/mol. The van der Waals surface area contributed by atoms with Crippen LogP contribution in [-0.2, 0) is 4.74 Å². The van der Waals surface area contributed by atoms with Gasteiger partial charge in [0.1, 0.15) is 18.3 Å². The first-order valence-corrected chi connectivity index (χ1v) is 3.41. The minimum absolute atomic E-state index is 0.903. The number of hydrogen-bond donors (Lipinski definition) is 4. The maximum absolute atomic E-state index is 9.10. The molecular weight excluding hydrogens is 152 g/mol. The number of aliphatic hydroxyl groups excluding tert-OH is 4. The Labute approximate surface area is 63.8 Å². The molecule has 0 aromatic rings. The molecule has 1 aliphatic rings. The molecular formula is C6H12O5. The average Bonchev–Trinajstić information content (AvgIpc) is 2.17. The number of aliphatic hydroxyl groups is 4. The van der Waals surface area contributed by atoms with E-state index in [0.29, 0.717) is 0 Å². The fourth-order valence-electron chi connectivity index (χ4n) is 1.08. The lowest BCUT2D eigenvalue weighted by Gasteiger charge is -2.16. The molecule has 1 rings (SSSR count). The molecule has 0 spiro atoms. The van der Waals surface area contributed by atoms with Gasteiger partial charge in [-0.15, -0.1) is 0 Å². The molecule has 5 heteroatoms. The molecule has 66 valence electrons. The normalized spacial score (nSPS) is 47.7. The third-order valence-electron chi connectivity index (χ3n) is 1.75. The van der Waals surface area contributed by atoms with Crippen LogP contribution < -0.4 is 0 Å². The first kappa shape index (κ1) is 8.89. The molecule has 1 fully saturated rings. The maximum atomic E-state index is 9.10. The smallest absolute Gasteiger partial charge is 0.184 e. The second-order valence-corrected chi connectivity index (χ2v) is 2.71. The molecule has 5 atom stereocenters.